The topological polar surface area (TPSA) is 71.0 Å². The maximum atomic E-state index is 14.0. The van der Waals surface area contributed by atoms with Gasteiger partial charge in [0, 0.05) is 37.2 Å². The van der Waals surface area contributed by atoms with Gasteiger partial charge in [-0.15, -0.1) is 5.06 Å². The lowest BCUT2D eigenvalue weighted by molar-refractivity contribution is -0.221. The van der Waals surface area contributed by atoms with Crippen LogP contribution in [0.5, 0.6) is 5.75 Å². The zero-order chi connectivity index (χ0) is 26.4. The second kappa shape index (κ2) is 11.8. The molecule has 0 spiro atoms. The van der Waals surface area contributed by atoms with Gasteiger partial charge in [-0.1, -0.05) is 60.7 Å². The van der Waals surface area contributed by atoms with Crippen molar-refractivity contribution >= 4 is 5.97 Å². The number of methoxy groups -OCH3 is 1. The first-order valence-corrected chi connectivity index (χ1v) is 12.3. The summed E-state index contributed by atoms with van der Waals surface area (Å²) in [6.07, 6.45) is 0.106. The molecule has 3 atom stereocenters. The molecule has 4 rings (SSSR count). The van der Waals surface area contributed by atoms with Crippen LogP contribution in [0, 0.1) is 0 Å². The van der Waals surface area contributed by atoms with E-state index in [9.17, 15) is 18.7 Å². The van der Waals surface area contributed by atoms with E-state index in [1.807, 2.05) is 30.3 Å². The van der Waals surface area contributed by atoms with Crippen molar-refractivity contribution in [1.29, 1.82) is 0 Å². The van der Waals surface area contributed by atoms with Crippen LogP contribution < -0.4 is 10.1 Å². The van der Waals surface area contributed by atoms with E-state index >= 15 is 0 Å². The summed E-state index contributed by atoms with van der Waals surface area (Å²) >= 11 is 0. The molecule has 3 aromatic carbocycles. The number of ether oxygens (including phenoxy) is 1. The molecule has 1 aliphatic rings. The fraction of sp³-hybridized carbons (Fsp3) is 0.345. The molecule has 1 fully saturated rings. The summed E-state index contributed by atoms with van der Waals surface area (Å²) in [4.78, 5) is 18.6. The smallest absolute Gasteiger partial charge is 0.358 e. The normalized spacial score (nSPS) is 19.3. The minimum Gasteiger partial charge on any atom is -0.496 e. The van der Waals surface area contributed by atoms with Crippen LogP contribution in [0.2, 0.25) is 0 Å². The third-order valence-corrected chi connectivity index (χ3v) is 6.61. The molecule has 1 aliphatic heterocycles. The Bertz CT molecular complexity index is 1170. The van der Waals surface area contributed by atoms with Crippen LogP contribution in [0.25, 0.3) is 0 Å². The van der Waals surface area contributed by atoms with Gasteiger partial charge in [0.2, 0.25) is 0 Å². The Morgan fingerprint density at radius 1 is 1.11 bits per heavy atom. The molecule has 0 radical (unpaired) electrons. The quantitative estimate of drug-likeness (QED) is 0.408. The summed E-state index contributed by atoms with van der Waals surface area (Å²) in [5.41, 5.74) is 1.92. The molecule has 0 amide bonds. The van der Waals surface area contributed by atoms with Crippen LogP contribution in [-0.2, 0) is 22.1 Å². The summed E-state index contributed by atoms with van der Waals surface area (Å²) in [5.74, 6) is -3.21. The highest BCUT2D eigenvalue weighted by Crippen LogP contribution is 2.34. The number of aliphatic hydroxyl groups excluding tert-OH is 1. The molecule has 2 N–H and O–H groups in total. The van der Waals surface area contributed by atoms with Crippen molar-refractivity contribution < 1.29 is 28.3 Å². The van der Waals surface area contributed by atoms with Gasteiger partial charge in [-0.2, -0.15) is 0 Å². The molecule has 0 aliphatic carbocycles. The highest BCUT2D eigenvalue weighted by molar-refractivity contribution is 5.76. The van der Waals surface area contributed by atoms with Gasteiger partial charge in [0.1, 0.15) is 5.75 Å². The number of nitrogens with one attached hydrogen (secondary N) is 1. The van der Waals surface area contributed by atoms with E-state index in [-0.39, 0.29) is 24.2 Å². The Balaban J connectivity index is 1.55. The van der Waals surface area contributed by atoms with E-state index in [1.165, 1.54) is 19.2 Å². The van der Waals surface area contributed by atoms with Crippen LogP contribution in [0.1, 0.15) is 54.2 Å². The first-order valence-electron chi connectivity index (χ1n) is 12.3. The third kappa shape index (κ3) is 6.52. The van der Waals surface area contributed by atoms with E-state index in [1.54, 1.807) is 41.5 Å². The van der Waals surface area contributed by atoms with Gasteiger partial charge in [-0.05, 0) is 42.2 Å². The van der Waals surface area contributed by atoms with Gasteiger partial charge in [-0.25, -0.2) is 13.6 Å². The maximum Gasteiger partial charge on any atom is 0.358 e. The van der Waals surface area contributed by atoms with Gasteiger partial charge >= 0.3 is 5.97 Å². The molecule has 0 bridgehead atoms. The standard InChI is InChI=1S/C29H32F2N2O4/c1-29(30,31)23-15-16-25(36-2)22(18-23)19-32-24-14-9-17-33(26(24)20-10-5-3-6-11-20)37-28(35)27(34)21-12-7-4-8-13-21/h3-8,10-13,15-16,18,24,26-27,32,34H,9,14,17,19H2,1-2H3/t24-,26-,27?/m0/s1. The van der Waals surface area contributed by atoms with Gasteiger partial charge in [-0.3, -0.25) is 0 Å². The molecule has 3 aromatic rings. The Morgan fingerprint density at radius 2 is 1.78 bits per heavy atom. The molecule has 1 saturated heterocycles. The first kappa shape index (κ1) is 26.7. The number of rotatable bonds is 9. The Hall–Kier alpha value is -3.33. The van der Waals surface area contributed by atoms with E-state index in [0.717, 1.165) is 25.3 Å². The van der Waals surface area contributed by atoms with Crippen molar-refractivity contribution in [2.24, 2.45) is 0 Å². The number of aliphatic hydroxyl groups is 1. The van der Waals surface area contributed by atoms with E-state index in [4.69, 9.17) is 9.57 Å². The fourth-order valence-electron chi connectivity index (χ4n) is 4.70. The highest BCUT2D eigenvalue weighted by Gasteiger charge is 2.36. The number of hydroxylamine groups is 2. The minimum atomic E-state index is -2.97. The Kier molecular flexibility index (Phi) is 8.53. The summed E-state index contributed by atoms with van der Waals surface area (Å²) in [5, 5.41) is 15.6. The van der Waals surface area contributed by atoms with Crippen molar-refractivity contribution in [1.82, 2.24) is 10.4 Å². The number of benzene rings is 3. The molecule has 37 heavy (non-hydrogen) atoms. The minimum absolute atomic E-state index is 0.0844. The monoisotopic (exact) mass is 510 g/mol. The number of hydrogen-bond donors (Lipinski definition) is 2. The van der Waals surface area contributed by atoms with Gasteiger partial charge in [0.15, 0.2) is 6.10 Å². The summed E-state index contributed by atoms with van der Waals surface area (Å²) in [7, 11) is 1.51. The van der Waals surface area contributed by atoms with Crippen molar-refractivity contribution in [2.45, 2.75) is 50.4 Å². The predicted octanol–water partition coefficient (Wildman–Crippen LogP) is 5.29. The van der Waals surface area contributed by atoms with Gasteiger partial charge in [0.25, 0.3) is 5.92 Å². The predicted molar refractivity (Wildman–Crippen MR) is 136 cm³/mol. The largest absolute Gasteiger partial charge is 0.496 e. The number of hydrogen-bond acceptors (Lipinski definition) is 6. The Morgan fingerprint density at radius 3 is 2.43 bits per heavy atom. The molecule has 0 aromatic heterocycles. The van der Waals surface area contributed by atoms with Crippen molar-refractivity contribution in [3.63, 3.8) is 0 Å². The summed E-state index contributed by atoms with van der Waals surface area (Å²) in [6.45, 7) is 1.65. The lowest BCUT2D eigenvalue weighted by Gasteiger charge is -2.40. The van der Waals surface area contributed by atoms with Crippen LogP contribution in [0.3, 0.4) is 0 Å². The van der Waals surface area contributed by atoms with Crippen molar-refractivity contribution in [3.8, 4) is 5.75 Å². The fourth-order valence-corrected chi connectivity index (χ4v) is 4.70. The van der Waals surface area contributed by atoms with E-state index in [2.05, 4.69) is 5.32 Å². The average molecular weight is 511 g/mol. The number of carbonyl (C=O) groups is 1. The first-order chi connectivity index (χ1) is 17.8. The lowest BCUT2D eigenvalue weighted by atomic mass is 9.91. The lowest BCUT2D eigenvalue weighted by Crippen LogP contribution is -2.49. The average Bonchev–Trinajstić information content (AvgIpc) is 2.91. The molecular formula is C29H32F2N2O4. The number of halogens is 2. The van der Waals surface area contributed by atoms with Crippen LogP contribution in [-0.4, -0.2) is 35.8 Å². The van der Waals surface area contributed by atoms with Crippen LogP contribution >= 0.6 is 0 Å². The number of nitrogens with zero attached hydrogens (tertiary/aromatic N) is 1. The molecule has 0 saturated carbocycles. The zero-order valence-corrected chi connectivity index (χ0v) is 20.9. The second-order valence-corrected chi connectivity index (χ2v) is 9.26. The van der Waals surface area contributed by atoms with E-state index < -0.39 is 18.0 Å². The second-order valence-electron chi connectivity index (χ2n) is 9.26. The molecule has 6 nitrogen and oxygen atoms in total. The van der Waals surface area contributed by atoms with Gasteiger partial charge in [0.05, 0.1) is 13.2 Å². The van der Waals surface area contributed by atoms with Crippen molar-refractivity contribution in [2.75, 3.05) is 13.7 Å². The van der Waals surface area contributed by atoms with E-state index in [0.29, 0.717) is 23.4 Å². The summed E-state index contributed by atoms with van der Waals surface area (Å²) in [6, 6.07) is 22.2. The Labute approximate surface area is 215 Å². The number of alkyl halides is 2. The summed E-state index contributed by atoms with van der Waals surface area (Å²) < 4.78 is 33.4. The molecule has 196 valence electrons. The molecule has 8 heteroatoms. The number of piperidine rings is 1. The highest BCUT2D eigenvalue weighted by atomic mass is 19.3. The van der Waals surface area contributed by atoms with Crippen molar-refractivity contribution in [3.05, 3.63) is 101 Å². The number of carbonyl (C=O) groups excluding carboxylic acids is 1. The maximum absolute atomic E-state index is 14.0. The SMILES string of the molecule is COc1ccc(C(C)(F)F)cc1CN[C@H]1CCCN(OC(=O)C(O)c2ccccc2)[C@H]1c1ccccc1. The zero-order valence-electron chi connectivity index (χ0n) is 20.9. The molecule has 1 heterocycles. The molecule has 1 unspecified atom stereocenters. The van der Waals surface area contributed by atoms with Crippen LogP contribution in [0.4, 0.5) is 8.78 Å². The van der Waals surface area contributed by atoms with Gasteiger partial charge < -0.3 is 20.0 Å². The molecular weight excluding hydrogens is 478 g/mol. The van der Waals surface area contributed by atoms with Crippen LogP contribution in [0.15, 0.2) is 78.9 Å². The third-order valence-electron chi connectivity index (χ3n) is 6.61.